The maximum atomic E-state index is 11.0. The van der Waals surface area contributed by atoms with Gasteiger partial charge in [0, 0.05) is 28.4 Å². The average Bonchev–Trinajstić information content (AvgIpc) is 2.05. The summed E-state index contributed by atoms with van der Waals surface area (Å²) in [6, 6.07) is 3.53. The minimum Gasteiger partial charge on any atom is -0.399 e. The second-order valence-corrected chi connectivity index (χ2v) is 4.50. The minimum absolute atomic E-state index is 0.475. The first kappa shape index (κ1) is 10.1. The number of anilines is 2. The van der Waals surface area contributed by atoms with Crippen molar-refractivity contribution >= 4 is 22.2 Å². The van der Waals surface area contributed by atoms with Gasteiger partial charge >= 0.3 is 0 Å². The lowest BCUT2D eigenvalue weighted by molar-refractivity contribution is 0.686. The fourth-order valence-corrected chi connectivity index (χ4v) is 1.98. The van der Waals surface area contributed by atoms with Crippen molar-refractivity contribution in [2.24, 2.45) is 0 Å². The van der Waals surface area contributed by atoms with Gasteiger partial charge in [-0.15, -0.1) is 0 Å². The van der Waals surface area contributed by atoms with Gasteiger partial charge in [0.1, 0.15) is 0 Å². The topological polar surface area (TPSA) is 69.1 Å². The zero-order valence-corrected chi connectivity index (χ0v) is 8.65. The Balaban J connectivity index is 3.17. The Labute approximate surface area is 80.6 Å². The van der Waals surface area contributed by atoms with E-state index < -0.39 is 10.8 Å². The maximum absolute atomic E-state index is 11.0. The molecule has 1 atom stereocenters. The molecule has 0 aliphatic carbocycles. The summed E-state index contributed by atoms with van der Waals surface area (Å²) in [5, 5.41) is 0. The van der Waals surface area contributed by atoms with Crippen molar-refractivity contribution in [1.82, 2.24) is 0 Å². The van der Waals surface area contributed by atoms with Crippen LogP contribution in [-0.2, 0) is 16.6 Å². The Morgan fingerprint density at radius 1 is 1.31 bits per heavy atom. The van der Waals surface area contributed by atoms with Crippen molar-refractivity contribution < 1.29 is 4.21 Å². The molecule has 0 bridgehead atoms. The fraction of sp³-hybridized carbons (Fsp3) is 0.333. The summed E-state index contributed by atoms with van der Waals surface area (Å²) in [7, 11) is -0.881. The molecule has 0 heterocycles. The molecule has 4 heteroatoms. The first-order valence-corrected chi connectivity index (χ1v) is 5.68. The van der Waals surface area contributed by atoms with Gasteiger partial charge in [-0.1, -0.05) is 0 Å². The maximum Gasteiger partial charge on any atom is 0.0506 e. The predicted molar refractivity (Wildman–Crippen MR) is 57.8 cm³/mol. The quantitative estimate of drug-likeness (QED) is 0.697. The number of nitrogens with two attached hydrogens (primary N) is 2. The molecule has 1 unspecified atom stereocenters. The van der Waals surface area contributed by atoms with E-state index in [1.165, 1.54) is 0 Å². The Bertz CT molecular complexity index is 350. The molecule has 0 spiro atoms. The normalized spacial score (nSPS) is 12.8. The number of hydrogen-bond donors (Lipinski definition) is 2. The summed E-state index contributed by atoms with van der Waals surface area (Å²) < 4.78 is 11.0. The molecule has 13 heavy (non-hydrogen) atoms. The molecule has 0 fully saturated rings. The molecule has 0 aliphatic heterocycles. The first-order valence-electron chi connectivity index (χ1n) is 3.96. The van der Waals surface area contributed by atoms with Gasteiger partial charge in [0.2, 0.25) is 0 Å². The van der Waals surface area contributed by atoms with Crippen molar-refractivity contribution in [2.45, 2.75) is 12.7 Å². The van der Waals surface area contributed by atoms with Crippen molar-refractivity contribution in [3.05, 3.63) is 23.3 Å². The molecular formula is C9H14N2OS. The molecule has 1 aromatic rings. The summed E-state index contributed by atoms with van der Waals surface area (Å²) in [5.41, 5.74) is 14.7. The van der Waals surface area contributed by atoms with Crippen LogP contribution in [0.2, 0.25) is 0 Å². The molecule has 1 aromatic carbocycles. The second-order valence-electron chi connectivity index (χ2n) is 3.07. The van der Waals surface area contributed by atoms with Gasteiger partial charge in [0.05, 0.1) is 5.75 Å². The van der Waals surface area contributed by atoms with E-state index in [4.69, 9.17) is 11.5 Å². The van der Waals surface area contributed by atoms with Gasteiger partial charge in [0.25, 0.3) is 0 Å². The minimum atomic E-state index is -0.881. The smallest absolute Gasteiger partial charge is 0.0506 e. The summed E-state index contributed by atoms with van der Waals surface area (Å²) in [6.45, 7) is 1.90. The molecule has 72 valence electrons. The number of hydrogen-bond acceptors (Lipinski definition) is 3. The van der Waals surface area contributed by atoms with E-state index in [1.807, 2.05) is 6.92 Å². The molecule has 0 aromatic heterocycles. The van der Waals surface area contributed by atoms with Crippen molar-refractivity contribution in [3.63, 3.8) is 0 Å². The highest BCUT2D eigenvalue weighted by Crippen LogP contribution is 2.23. The molecular weight excluding hydrogens is 184 g/mol. The lowest BCUT2D eigenvalue weighted by atomic mass is 10.1. The SMILES string of the molecule is Cc1c(N)ccc(N)c1CS(C)=O. The number of rotatable bonds is 2. The van der Waals surface area contributed by atoms with Crippen LogP contribution in [0.3, 0.4) is 0 Å². The van der Waals surface area contributed by atoms with Crippen LogP contribution >= 0.6 is 0 Å². The van der Waals surface area contributed by atoms with Crippen LogP contribution in [0.4, 0.5) is 11.4 Å². The van der Waals surface area contributed by atoms with E-state index in [0.717, 1.165) is 11.1 Å². The van der Waals surface area contributed by atoms with E-state index in [-0.39, 0.29) is 0 Å². The summed E-state index contributed by atoms with van der Waals surface area (Å²) >= 11 is 0. The third-order valence-electron chi connectivity index (χ3n) is 2.02. The molecule has 0 aliphatic rings. The van der Waals surface area contributed by atoms with E-state index in [2.05, 4.69) is 0 Å². The zero-order chi connectivity index (χ0) is 10.0. The molecule has 4 N–H and O–H groups in total. The van der Waals surface area contributed by atoms with E-state index in [0.29, 0.717) is 17.1 Å². The van der Waals surface area contributed by atoms with Crippen LogP contribution < -0.4 is 11.5 Å². The summed E-state index contributed by atoms with van der Waals surface area (Å²) in [5.74, 6) is 0.475. The van der Waals surface area contributed by atoms with E-state index in [9.17, 15) is 4.21 Å². The van der Waals surface area contributed by atoms with Crippen LogP contribution in [-0.4, -0.2) is 10.5 Å². The van der Waals surface area contributed by atoms with Gasteiger partial charge in [0.15, 0.2) is 0 Å². The molecule has 0 saturated carbocycles. The van der Waals surface area contributed by atoms with Gasteiger partial charge in [-0.2, -0.15) is 0 Å². The highest BCUT2D eigenvalue weighted by Gasteiger charge is 2.07. The third-order valence-corrected chi connectivity index (χ3v) is 2.72. The summed E-state index contributed by atoms with van der Waals surface area (Å²) in [4.78, 5) is 0. The lowest BCUT2D eigenvalue weighted by Crippen LogP contribution is -2.03. The molecule has 1 rings (SSSR count). The Kier molecular flexibility index (Phi) is 2.93. The molecule has 0 radical (unpaired) electrons. The molecule has 3 nitrogen and oxygen atoms in total. The predicted octanol–water partition coefficient (Wildman–Crippen LogP) is 1.04. The number of benzene rings is 1. The zero-order valence-electron chi connectivity index (χ0n) is 7.83. The average molecular weight is 198 g/mol. The third kappa shape index (κ3) is 2.21. The van der Waals surface area contributed by atoms with Crippen LogP contribution in [0, 0.1) is 6.92 Å². The van der Waals surface area contributed by atoms with Crippen LogP contribution in [0.5, 0.6) is 0 Å². The van der Waals surface area contributed by atoms with Crippen molar-refractivity contribution in [3.8, 4) is 0 Å². The Morgan fingerprint density at radius 3 is 2.38 bits per heavy atom. The van der Waals surface area contributed by atoms with Gasteiger partial charge in [-0.05, 0) is 30.2 Å². The van der Waals surface area contributed by atoms with Crippen LogP contribution in [0.15, 0.2) is 12.1 Å². The van der Waals surface area contributed by atoms with Gasteiger partial charge in [-0.3, -0.25) is 4.21 Å². The van der Waals surface area contributed by atoms with E-state index >= 15 is 0 Å². The second kappa shape index (κ2) is 3.79. The van der Waals surface area contributed by atoms with Gasteiger partial charge < -0.3 is 11.5 Å². The monoisotopic (exact) mass is 198 g/mol. The molecule has 0 saturated heterocycles. The first-order chi connectivity index (χ1) is 6.02. The lowest BCUT2D eigenvalue weighted by Gasteiger charge is -2.09. The van der Waals surface area contributed by atoms with Crippen LogP contribution in [0.1, 0.15) is 11.1 Å². The highest BCUT2D eigenvalue weighted by molar-refractivity contribution is 7.83. The van der Waals surface area contributed by atoms with Crippen LogP contribution in [0.25, 0.3) is 0 Å². The van der Waals surface area contributed by atoms with Crippen molar-refractivity contribution in [2.75, 3.05) is 17.7 Å². The summed E-state index contributed by atoms with van der Waals surface area (Å²) in [6.07, 6.45) is 1.65. The Hall–Kier alpha value is -1.03. The van der Waals surface area contributed by atoms with E-state index in [1.54, 1.807) is 18.4 Å². The molecule has 0 amide bonds. The van der Waals surface area contributed by atoms with Crippen molar-refractivity contribution in [1.29, 1.82) is 0 Å². The standard InChI is InChI=1S/C9H14N2OS/c1-6-7(5-13(2)12)9(11)4-3-8(6)10/h3-4H,5,10-11H2,1-2H3. The highest BCUT2D eigenvalue weighted by atomic mass is 32.2. The largest absolute Gasteiger partial charge is 0.399 e. The Morgan fingerprint density at radius 2 is 1.85 bits per heavy atom. The van der Waals surface area contributed by atoms with Gasteiger partial charge in [-0.25, -0.2) is 0 Å². The number of nitrogen functional groups attached to an aromatic ring is 2. The fourth-order valence-electron chi connectivity index (χ4n) is 1.19.